The fraction of sp³-hybridized carbons (Fsp3) is 0.364. The van der Waals surface area contributed by atoms with Crippen molar-refractivity contribution < 1.29 is 0 Å². The van der Waals surface area contributed by atoms with Crippen molar-refractivity contribution >= 4 is 22.5 Å². The molecule has 0 amide bonds. The van der Waals surface area contributed by atoms with Gasteiger partial charge in [-0.05, 0) is 32.4 Å². The number of fused-ring (bicyclic) bond motifs is 1. The second kappa shape index (κ2) is 2.88. The Balaban J connectivity index is 2.62. The standard InChI is InChI=1S/C11H13NS/c1-8-12-10-7-5-4-6-9(10)11(2,3)13-8/h4-7H,1-3H3. The van der Waals surface area contributed by atoms with Gasteiger partial charge in [-0.1, -0.05) is 30.0 Å². The first kappa shape index (κ1) is 8.82. The molecule has 2 heteroatoms. The lowest BCUT2D eigenvalue weighted by molar-refractivity contribution is 0.785. The largest absolute Gasteiger partial charge is 0.247 e. The molecule has 0 aromatic heterocycles. The topological polar surface area (TPSA) is 12.4 Å². The van der Waals surface area contributed by atoms with Crippen molar-refractivity contribution in [1.29, 1.82) is 0 Å². The minimum absolute atomic E-state index is 0.169. The number of para-hydroxylation sites is 1. The molecule has 68 valence electrons. The van der Waals surface area contributed by atoms with Crippen molar-refractivity contribution in [1.82, 2.24) is 0 Å². The van der Waals surface area contributed by atoms with Crippen molar-refractivity contribution in [2.75, 3.05) is 0 Å². The molecular formula is C11H13NS. The zero-order chi connectivity index (χ0) is 9.47. The molecule has 1 aromatic rings. The third kappa shape index (κ3) is 1.51. The molecule has 1 aliphatic rings. The van der Waals surface area contributed by atoms with Crippen LogP contribution < -0.4 is 0 Å². The van der Waals surface area contributed by atoms with Gasteiger partial charge in [0.25, 0.3) is 0 Å². The molecule has 1 heterocycles. The molecule has 0 atom stereocenters. The molecule has 0 N–H and O–H groups in total. The van der Waals surface area contributed by atoms with E-state index in [-0.39, 0.29) is 4.75 Å². The summed E-state index contributed by atoms with van der Waals surface area (Å²) in [5.74, 6) is 0. The summed E-state index contributed by atoms with van der Waals surface area (Å²) < 4.78 is 0.169. The highest BCUT2D eigenvalue weighted by Gasteiger charge is 2.28. The van der Waals surface area contributed by atoms with Crippen LogP contribution in [-0.4, -0.2) is 5.04 Å². The van der Waals surface area contributed by atoms with Crippen LogP contribution in [0.5, 0.6) is 0 Å². The second-order valence-corrected chi connectivity index (χ2v) is 5.58. The van der Waals surface area contributed by atoms with Crippen LogP contribution in [0.25, 0.3) is 0 Å². The molecule has 0 radical (unpaired) electrons. The average Bonchev–Trinajstić information content (AvgIpc) is 2.02. The van der Waals surface area contributed by atoms with Gasteiger partial charge in [-0.25, -0.2) is 4.99 Å². The van der Waals surface area contributed by atoms with Gasteiger partial charge in [0.1, 0.15) is 0 Å². The Morgan fingerprint density at radius 1 is 1.23 bits per heavy atom. The maximum absolute atomic E-state index is 4.52. The number of hydrogen-bond donors (Lipinski definition) is 0. The Labute approximate surface area is 83.3 Å². The average molecular weight is 191 g/mol. The van der Waals surface area contributed by atoms with Crippen molar-refractivity contribution in [2.24, 2.45) is 4.99 Å². The summed E-state index contributed by atoms with van der Waals surface area (Å²) in [6.07, 6.45) is 0. The van der Waals surface area contributed by atoms with E-state index in [0.717, 1.165) is 10.7 Å². The molecule has 13 heavy (non-hydrogen) atoms. The van der Waals surface area contributed by atoms with E-state index in [1.54, 1.807) is 0 Å². The summed E-state index contributed by atoms with van der Waals surface area (Å²) in [4.78, 5) is 4.52. The van der Waals surface area contributed by atoms with Gasteiger partial charge >= 0.3 is 0 Å². The van der Waals surface area contributed by atoms with Crippen LogP contribution in [0.2, 0.25) is 0 Å². The molecule has 0 aliphatic carbocycles. The normalized spacial score (nSPS) is 19.2. The van der Waals surface area contributed by atoms with Crippen LogP contribution in [0.3, 0.4) is 0 Å². The van der Waals surface area contributed by atoms with Crippen molar-refractivity contribution in [3.8, 4) is 0 Å². The summed E-state index contributed by atoms with van der Waals surface area (Å²) >= 11 is 1.84. The van der Waals surface area contributed by atoms with Crippen LogP contribution in [0.15, 0.2) is 29.3 Å². The maximum Gasteiger partial charge on any atom is 0.0716 e. The third-order valence-corrected chi connectivity index (χ3v) is 3.35. The summed E-state index contributed by atoms with van der Waals surface area (Å²) in [5, 5.41) is 1.16. The smallest absolute Gasteiger partial charge is 0.0716 e. The molecule has 0 bridgehead atoms. The first-order valence-electron chi connectivity index (χ1n) is 4.43. The quantitative estimate of drug-likeness (QED) is 0.609. The Kier molecular flexibility index (Phi) is 1.95. The van der Waals surface area contributed by atoms with Gasteiger partial charge in [0.15, 0.2) is 0 Å². The monoisotopic (exact) mass is 191 g/mol. The minimum atomic E-state index is 0.169. The van der Waals surface area contributed by atoms with E-state index >= 15 is 0 Å². The molecule has 1 aliphatic heterocycles. The fourth-order valence-electron chi connectivity index (χ4n) is 1.70. The summed E-state index contributed by atoms with van der Waals surface area (Å²) in [6, 6.07) is 8.37. The lowest BCUT2D eigenvalue weighted by Crippen LogP contribution is -2.17. The first-order chi connectivity index (χ1) is 6.09. The maximum atomic E-state index is 4.52. The SMILES string of the molecule is CC1=Nc2ccccc2C(C)(C)S1. The van der Waals surface area contributed by atoms with Crippen LogP contribution >= 0.6 is 11.8 Å². The molecule has 0 saturated carbocycles. The highest BCUT2D eigenvalue weighted by Crippen LogP contribution is 2.45. The third-order valence-electron chi connectivity index (χ3n) is 2.23. The number of hydrogen-bond acceptors (Lipinski definition) is 2. The zero-order valence-corrected chi connectivity index (χ0v) is 8.98. The number of aliphatic imine (C=N–C) groups is 1. The van der Waals surface area contributed by atoms with Crippen molar-refractivity contribution in [3.05, 3.63) is 29.8 Å². The summed E-state index contributed by atoms with van der Waals surface area (Å²) in [6.45, 7) is 6.56. The van der Waals surface area contributed by atoms with E-state index in [1.165, 1.54) is 5.56 Å². The summed E-state index contributed by atoms with van der Waals surface area (Å²) in [5.41, 5.74) is 2.47. The van der Waals surface area contributed by atoms with Crippen molar-refractivity contribution in [2.45, 2.75) is 25.5 Å². The van der Waals surface area contributed by atoms with E-state index < -0.39 is 0 Å². The molecule has 0 spiro atoms. The van der Waals surface area contributed by atoms with E-state index in [4.69, 9.17) is 0 Å². The van der Waals surface area contributed by atoms with E-state index in [2.05, 4.69) is 44.0 Å². The van der Waals surface area contributed by atoms with E-state index in [9.17, 15) is 0 Å². The fourth-order valence-corrected chi connectivity index (χ4v) is 2.86. The van der Waals surface area contributed by atoms with Gasteiger partial charge in [0.05, 0.1) is 10.7 Å². The lowest BCUT2D eigenvalue weighted by atomic mass is 10.0. The number of rotatable bonds is 0. The van der Waals surface area contributed by atoms with E-state index in [1.807, 2.05) is 17.8 Å². The molecule has 1 nitrogen and oxygen atoms in total. The van der Waals surface area contributed by atoms with Gasteiger partial charge in [-0.2, -0.15) is 0 Å². The van der Waals surface area contributed by atoms with Gasteiger partial charge < -0.3 is 0 Å². The Morgan fingerprint density at radius 3 is 2.69 bits per heavy atom. The van der Waals surface area contributed by atoms with Gasteiger partial charge in [0.2, 0.25) is 0 Å². The molecule has 0 saturated heterocycles. The Bertz CT molecular complexity index is 366. The predicted molar refractivity (Wildman–Crippen MR) is 59.8 cm³/mol. The van der Waals surface area contributed by atoms with Crippen LogP contribution in [-0.2, 0) is 4.75 Å². The predicted octanol–water partition coefficient (Wildman–Crippen LogP) is 3.72. The molecule has 2 rings (SSSR count). The molecule has 0 fully saturated rings. The van der Waals surface area contributed by atoms with Gasteiger partial charge in [-0.3, -0.25) is 0 Å². The molecule has 1 aromatic carbocycles. The lowest BCUT2D eigenvalue weighted by Gasteiger charge is -2.29. The Hall–Kier alpha value is -0.760. The first-order valence-corrected chi connectivity index (χ1v) is 5.25. The second-order valence-electron chi connectivity index (χ2n) is 3.76. The number of thioether (sulfide) groups is 1. The number of nitrogens with zero attached hydrogens (tertiary/aromatic N) is 1. The van der Waals surface area contributed by atoms with Crippen LogP contribution in [0.4, 0.5) is 5.69 Å². The highest BCUT2D eigenvalue weighted by atomic mass is 32.2. The van der Waals surface area contributed by atoms with Crippen LogP contribution in [0.1, 0.15) is 26.3 Å². The van der Waals surface area contributed by atoms with Gasteiger partial charge in [-0.15, -0.1) is 0 Å². The zero-order valence-electron chi connectivity index (χ0n) is 8.16. The molecular weight excluding hydrogens is 178 g/mol. The molecule has 0 unspecified atom stereocenters. The minimum Gasteiger partial charge on any atom is -0.247 e. The summed E-state index contributed by atoms with van der Waals surface area (Å²) in [7, 11) is 0. The highest BCUT2D eigenvalue weighted by molar-refractivity contribution is 8.14. The van der Waals surface area contributed by atoms with Gasteiger partial charge in [0, 0.05) is 4.75 Å². The Morgan fingerprint density at radius 2 is 1.92 bits per heavy atom. The number of benzene rings is 1. The van der Waals surface area contributed by atoms with Crippen molar-refractivity contribution in [3.63, 3.8) is 0 Å². The van der Waals surface area contributed by atoms with E-state index in [0.29, 0.717) is 0 Å². The van der Waals surface area contributed by atoms with Crippen LogP contribution in [0, 0.1) is 0 Å².